The van der Waals surface area contributed by atoms with Gasteiger partial charge in [-0.25, -0.2) is 4.39 Å². The molecule has 8 nitrogen and oxygen atoms in total. The number of aromatic nitrogens is 4. The summed E-state index contributed by atoms with van der Waals surface area (Å²) in [5.41, 5.74) is 5.02. The van der Waals surface area contributed by atoms with Crippen LogP contribution in [0.2, 0.25) is 5.02 Å². The van der Waals surface area contributed by atoms with Gasteiger partial charge in [-0.1, -0.05) is 71.9 Å². The lowest BCUT2D eigenvalue weighted by Gasteiger charge is -2.26. The molecule has 0 atom stereocenters. The van der Waals surface area contributed by atoms with Crippen molar-refractivity contribution in [3.05, 3.63) is 135 Å². The minimum Gasteiger partial charge on any atom is -0.336 e. The number of benzene rings is 3. The maximum absolute atomic E-state index is 14.0. The Bertz CT molecular complexity index is 1820. The van der Waals surface area contributed by atoms with Crippen LogP contribution in [0.3, 0.4) is 0 Å². The zero-order valence-electron chi connectivity index (χ0n) is 26.1. The van der Waals surface area contributed by atoms with Gasteiger partial charge in [0.15, 0.2) is 5.16 Å². The largest absolute Gasteiger partial charge is 0.336 e. The van der Waals surface area contributed by atoms with Gasteiger partial charge < -0.3 is 14.4 Å². The number of likely N-dealkylation sites (N-methyl/N-ethyl adjacent to an activating group) is 1. The molecule has 5 aromatic rings. The summed E-state index contributed by atoms with van der Waals surface area (Å²) in [6.07, 6.45) is 5.65. The zero-order chi connectivity index (χ0) is 32.6. The molecule has 0 saturated heterocycles. The molecule has 46 heavy (non-hydrogen) atoms. The fraction of sp³-hybridized carbons (Fsp3) is 0.257. The molecule has 0 fully saturated rings. The van der Waals surface area contributed by atoms with Crippen LogP contribution in [0.1, 0.15) is 22.3 Å². The summed E-state index contributed by atoms with van der Waals surface area (Å²) in [4.78, 5) is 35.4. The molecule has 0 spiro atoms. The van der Waals surface area contributed by atoms with Crippen molar-refractivity contribution in [1.82, 2.24) is 29.1 Å². The molecule has 0 aliphatic heterocycles. The molecule has 0 bridgehead atoms. The first-order valence-electron chi connectivity index (χ1n) is 14.9. The van der Waals surface area contributed by atoms with Crippen molar-refractivity contribution in [2.75, 3.05) is 27.2 Å². The van der Waals surface area contributed by atoms with Gasteiger partial charge >= 0.3 is 0 Å². The Morgan fingerprint density at radius 2 is 1.54 bits per heavy atom. The van der Waals surface area contributed by atoms with E-state index in [2.05, 4.69) is 10.1 Å². The van der Waals surface area contributed by atoms with Crippen molar-refractivity contribution in [1.29, 1.82) is 0 Å². The van der Waals surface area contributed by atoms with Gasteiger partial charge in [-0.3, -0.25) is 14.3 Å². The van der Waals surface area contributed by atoms with E-state index in [0.717, 1.165) is 27.8 Å². The summed E-state index contributed by atoms with van der Waals surface area (Å²) < 4.78 is 16.9. The van der Waals surface area contributed by atoms with Crippen LogP contribution in [0.4, 0.5) is 4.39 Å². The highest BCUT2D eigenvalue weighted by Gasteiger charge is 2.19. The molecule has 0 saturated carbocycles. The first-order chi connectivity index (χ1) is 22.1. The number of nitrogens with zero attached hydrogens (tertiary/aromatic N) is 6. The minimum absolute atomic E-state index is 0.00928. The predicted octanol–water partition coefficient (Wildman–Crippen LogP) is 5.91. The minimum atomic E-state index is -0.348. The highest BCUT2D eigenvalue weighted by atomic mass is 35.5. The molecule has 0 N–H and O–H groups in total. The van der Waals surface area contributed by atoms with Gasteiger partial charge in [-0.15, -0.1) is 0 Å². The van der Waals surface area contributed by atoms with Crippen molar-refractivity contribution in [2.24, 2.45) is 7.05 Å². The van der Waals surface area contributed by atoms with E-state index in [-0.39, 0.29) is 23.8 Å². The summed E-state index contributed by atoms with van der Waals surface area (Å²) in [7, 11) is 5.77. The van der Waals surface area contributed by atoms with E-state index in [1.54, 1.807) is 33.8 Å². The van der Waals surface area contributed by atoms with E-state index in [1.165, 1.54) is 23.9 Å². The van der Waals surface area contributed by atoms with E-state index in [0.29, 0.717) is 47.6 Å². The molecule has 0 radical (unpaired) electrons. The van der Waals surface area contributed by atoms with E-state index in [9.17, 15) is 14.0 Å². The fourth-order valence-corrected chi connectivity index (χ4v) is 5.95. The zero-order valence-corrected chi connectivity index (χ0v) is 27.6. The fourth-order valence-electron chi connectivity index (χ4n) is 4.91. The van der Waals surface area contributed by atoms with Crippen LogP contribution in [-0.2, 0) is 37.1 Å². The number of carbonyl (C=O) groups is 1. The van der Waals surface area contributed by atoms with Crippen LogP contribution >= 0.6 is 23.4 Å². The van der Waals surface area contributed by atoms with Crippen LogP contribution in [0.25, 0.3) is 11.1 Å². The van der Waals surface area contributed by atoms with E-state index in [4.69, 9.17) is 11.6 Å². The Hall–Kier alpha value is -4.25. The maximum atomic E-state index is 14.0. The van der Waals surface area contributed by atoms with E-state index >= 15 is 0 Å². The van der Waals surface area contributed by atoms with Crippen molar-refractivity contribution < 1.29 is 9.18 Å². The number of carbonyl (C=O) groups excluding carboxylic acids is 1. The Kier molecular flexibility index (Phi) is 11.1. The lowest BCUT2D eigenvalue weighted by atomic mass is 10.0. The van der Waals surface area contributed by atoms with Crippen LogP contribution in [0.5, 0.6) is 0 Å². The van der Waals surface area contributed by atoms with Crippen LogP contribution in [-0.4, -0.2) is 62.2 Å². The molecule has 5 rings (SSSR count). The number of amides is 1. The summed E-state index contributed by atoms with van der Waals surface area (Å²) in [5, 5.41) is 5.33. The molecule has 1 amide bonds. The number of rotatable bonds is 13. The molecule has 2 heterocycles. The van der Waals surface area contributed by atoms with Crippen molar-refractivity contribution in [3.8, 4) is 11.1 Å². The molecule has 0 aliphatic rings. The smallest absolute Gasteiger partial charge is 0.277 e. The second-order valence-electron chi connectivity index (χ2n) is 11.4. The molecule has 2 aromatic heterocycles. The SMILES string of the molecule is CN(C)CCN(Cc1ccc(-c2ccc(Cl)cc2)cc1)C(=O)Cn1cc(Cc2cnn(C)c2)c(=O)nc1SCc1ccc(F)cc1. The topological polar surface area (TPSA) is 76.3 Å². The maximum Gasteiger partial charge on any atom is 0.277 e. The Labute approximate surface area is 277 Å². The van der Waals surface area contributed by atoms with Crippen molar-refractivity contribution in [3.63, 3.8) is 0 Å². The third-order valence-electron chi connectivity index (χ3n) is 7.44. The van der Waals surface area contributed by atoms with Gasteiger partial charge in [-0.05, 0) is 66.2 Å². The molecule has 0 unspecified atom stereocenters. The monoisotopic (exact) mass is 658 g/mol. The first kappa shape index (κ1) is 33.1. The van der Waals surface area contributed by atoms with Gasteiger partial charge in [0.1, 0.15) is 12.4 Å². The molecule has 0 aliphatic carbocycles. The lowest BCUT2D eigenvalue weighted by molar-refractivity contribution is -0.132. The highest BCUT2D eigenvalue weighted by molar-refractivity contribution is 7.98. The third kappa shape index (κ3) is 9.15. The second kappa shape index (κ2) is 15.4. The van der Waals surface area contributed by atoms with Gasteiger partial charge in [0.05, 0.1) is 6.20 Å². The Morgan fingerprint density at radius 3 is 2.17 bits per heavy atom. The summed E-state index contributed by atoms with van der Waals surface area (Å²) in [5.74, 6) is 0.0595. The first-order valence-corrected chi connectivity index (χ1v) is 16.2. The van der Waals surface area contributed by atoms with Crippen LogP contribution < -0.4 is 5.56 Å². The van der Waals surface area contributed by atoms with Crippen LogP contribution in [0.15, 0.2) is 101 Å². The normalized spacial score (nSPS) is 11.3. The van der Waals surface area contributed by atoms with Gasteiger partial charge in [0.2, 0.25) is 5.91 Å². The van der Waals surface area contributed by atoms with Crippen molar-refractivity contribution >= 4 is 29.3 Å². The number of hydrogen-bond acceptors (Lipinski definition) is 6. The second-order valence-corrected chi connectivity index (χ2v) is 12.8. The summed E-state index contributed by atoms with van der Waals surface area (Å²) >= 11 is 7.40. The quantitative estimate of drug-likeness (QED) is 0.116. The van der Waals surface area contributed by atoms with Gasteiger partial charge in [0, 0.05) is 61.8 Å². The average molecular weight is 659 g/mol. The summed E-state index contributed by atoms with van der Waals surface area (Å²) in [6, 6.07) is 22.1. The Balaban J connectivity index is 1.39. The number of halogens is 2. The summed E-state index contributed by atoms with van der Waals surface area (Å²) in [6.45, 7) is 1.66. The number of hydrogen-bond donors (Lipinski definition) is 0. The molecule has 11 heteroatoms. The predicted molar refractivity (Wildman–Crippen MR) is 181 cm³/mol. The lowest BCUT2D eigenvalue weighted by Crippen LogP contribution is -2.38. The molecular weight excluding hydrogens is 623 g/mol. The molecular formula is C35H36ClFN6O2S. The number of aryl methyl sites for hydroxylation is 1. The van der Waals surface area contributed by atoms with Crippen LogP contribution in [0, 0.1) is 5.82 Å². The van der Waals surface area contributed by atoms with Crippen molar-refractivity contribution in [2.45, 2.75) is 30.4 Å². The Morgan fingerprint density at radius 1 is 0.891 bits per heavy atom. The average Bonchev–Trinajstić information content (AvgIpc) is 3.45. The van der Waals surface area contributed by atoms with Gasteiger partial charge in [-0.2, -0.15) is 10.1 Å². The van der Waals surface area contributed by atoms with E-state index in [1.807, 2.05) is 85.7 Å². The number of thioether (sulfide) groups is 1. The third-order valence-corrected chi connectivity index (χ3v) is 8.76. The molecule has 3 aromatic carbocycles. The molecule has 238 valence electrons. The van der Waals surface area contributed by atoms with E-state index < -0.39 is 0 Å². The highest BCUT2D eigenvalue weighted by Crippen LogP contribution is 2.24. The van der Waals surface area contributed by atoms with Gasteiger partial charge in [0.25, 0.3) is 5.56 Å². The standard InChI is InChI=1S/C35H36ClFN6O2S/c1-40(2)16-17-42(21-25-4-8-28(9-5-25)29-10-12-31(36)13-11-29)33(44)23-43-22-30(18-27-19-38-41(3)20-27)34(45)39-35(43)46-24-26-6-14-32(37)15-7-26/h4-15,19-20,22H,16-18,21,23-24H2,1-3H3.